The molecule has 2 aromatic rings. The molecule has 1 aromatic carbocycles. The fraction of sp³-hybridized carbons (Fsp3) is 0.400. The molecule has 3 rings (SSSR count). The highest BCUT2D eigenvalue weighted by Crippen LogP contribution is 2.18. The number of nitrogens with zero attached hydrogens (tertiary/aromatic N) is 3. The van der Waals surface area contributed by atoms with Crippen molar-refractivity contribution in [2.24, 2.45) is 0 Å². The van der Waals surface area contributed by atoms with Crippen LogP contribution >= 0.6 is 0 Å². The van der Waals surface area contributed by atoms with Gasteiger partial charge in [-0.15, -0.1) is 5.10 Å². The van der Waals surface area contributed by atoms with Crippen LogP contribution in [0.15, 0.2) is 30.6 Å². The highest BCUT2D eigenvalue weighted by Gasteiger charge is 2.30. The fourth-order valence-electron chi connectivity index (χ4n) is 2.60. The van der Waals surface area contributed by atoms with Gasteiger partial charge in [0.25, 0.3) is 5.91 Å². The Morgan fingerprint density at radius 1 is 1.52 bits per heavy atom. The first kappa shape index (κ1) is 15.4. The molecule has 1 saturated heterocycles. The van der Waals surface area contributed by atoms with Crippen LogP contribution in [0.2, 0.25) is 0 Å². The van der Waals surface area contributed by atoms with Crippen LogP contribution in [0.5, 0.6) is 5.75 Å². The molecule has 2 atom stereocenters. The minimum atomic E-state index is -0.480. The third-order valence-electron chi connectivity index (χ3n) is 3.75. The maximum absolute atomic E-state index is 13.6. The quantitative estimate of drug-likeness (QED) is 0.835. The van der Waals surface area contributed by atoms with Crippen LogP contribution in [0, 0.1) is 12.7 Å². The normalized spacial score (nSPS) is 20.4. The number of carbonyl (C=O) groups is 1. The molecule has 122 valence electrons. The van der Waals surface area contributed by atoms with Crippen LogP contribution in [0.3, 0.4) is 0 Å². The maximum Gasteiger partial charge on any atom is 0.258 e. The van der Waals surface area contributed by atoms with Crippen LogP contribution in [0.1, 0.15) is 11.6 Å². The number of hydrogen-bond acceptors (Lipinski definition) is 5. The lowest BCUT2D eigenvalue weighted by molar-refractivity contribution is -0.123. The van der Waals surface area contributed by atoms with Gasteiger partial charge < -0.3 is 15.4 Å². The summed E-state index contributed by atoms with van der Waals surface area (Å²) in [5, 5.41) is 13.8. The molecular formula is C15H18FN5O2. The van der Waals surface area contributed by atoms with Crippen molar-refractivity contribution in [2.75, 3.05) is 19.7 Å². The molecule has 0 radical (unpaired) electrons. The first-order chi connectivity index (χ1) is 11.1. The number of aryl methyl sites for hydroxylation is 1. The van der Waals surface area contributed by atoms with Gasteiger partial charge in [-0.3, -0.25) is 4.79 Å². The first-order valence-corrected chi connectivity index (χ1v) is 7.38. The van der Waals surface area contributed by atoms with Gasteiger partial charge >= 0.3 is 0 Å². The van der Waals surface area contributed by atoms with Crippen molar-refractivity contribution in [3.8, 4) is 5.75 Å². The third-order valence-corrected chi connectivity index (χ3v) is 3.75. The molecule has 0 aliphatic carbocycles. The van der Waals surface area contributed by atoms with E-state index in [0.29, 0.717) is 13.1 Å². The predicted molar refractivity (Wildman–Crippen MR) is 80.5 cm³/mol. The lowest BCUT2D eigenvalue weighted by atomic mass is 10.2. The van der Waals surface area contributed by atoms with Gasteiger partial charge in [-0.2, -0.15) is 0 Å². The van der Waals surface area contributed by atoms with Gasteiger partial charge in [0.05, 0.1) is 18.3 Å². The Morgan fingerprint density at radius 3 is 3.17 bits per heavy atom. The largest absolute Gasteiger partial charge is 0.481 e. The topological polar surface area (TPSA) is 81.1 Å². The summed E-state index contributed by atoms with van der Waals surface area (Å²) >= 11 is 0. The molecule has 0 bridgehead atoms. The second kappa shape index (κ2) is 6.74. The zero-order chi connectivity index (χ0) is 16.2. The average molecular weight is 319 g/mol. The highest BCUT2D eigenvalue weighted by molar-refractivity contribution is 5.78. The van der Waals surface area contributed by atoms with Crippen molar-refractivity contribution in [2.45, 2.75) is 19.0 Å². The number of benzene rings is 1. The van der Waals surface area contributed by atoms with E-state index in [1.807, 2.05) is 6.92 Å². The molecule has 0 saturated carbocycles. The molecule has 2 N–H and O–H groups in total. The number of rotatable bonds is 5. The van der Waals surface area contributed by atoms with E-state index in [2.05, 4.69) is 20.9 Å². The number of hydrogen-bond donors (Lipinski definition) is 2. The van der Waals surface area contributed by atoms with Crippen molar-refractivity contribution in [3.05, 3.63) is 42.0 Å². The summed E-state index contributed by atoms with van der Waals surface area (Å²) in [5.74, 6) is -0.700. The van der Waals surface area contributed by atoms with Crippen molar-refractivity contribution in [1.82, 2.24) is 25.6 Å². The second-order valence-electron chi connectivity index (χ2n) is 5.51. The minimum Gasteiger partial charge on any atom is -0.481 e. The molecule has 2 heterocycles. The number of carbonyl (C=O) groups excluding carboxylic acids is 1. The average Bonchev–Trinajstić information content (AvgIpc) is 3.19. The maximum atomic E-state index is 13.6. The van der Waals surface area contributed by atoms with Gasteiger partial charge in [0.15, 0.2) is 18.2 Å². The zero-order valence-corrected chi connectivity index (χ0v) is 12.7. The minimum absolute atomic E-state index is 0.00263. The monoisotopic (exact) mass is 319 g/mol. The molecule has 1 amide bonds. The smallest absolute Gasteiger partial charge is 0.258 e. The fourth-order valence-corrected chi connectivity index (χ4v) is 2.60. The Morgan fingerprint density at radius 2 is 2.39 bits per heavy atom. The molecule has 0 unspecified atom stereocenters. The predicted octanol–water partition coefficient (Wildman–Crippen LogP) is 0.434. The molecule has 1 aromatic heterocycles. The van der Waals surface area contributed by atoms with E-state index < -0.39 is 5.82 Å². The summed E-state index contributed by atoms with van der Waals surface area (Å²) in [6.07, 6.45) is 3.36. The number of aromatic nitrogens is 3. The summed E-state index contributed by atoms with van der Waals surface area (Å²) in [5.41, 5.74) is 0.869. The van der Waals surface area contributed by atoms with Gasteiger partial charge in [-0.05, 0) is 24.6 Å². The van der Waals surface area contributed by atoms with Gasteiger partial charge in [-0.1, -0.05) is 11.3 Å². The number of ether oxygens (including phenoxy) is 1. The SMILES string of the molecule is Cc1ccc(F)c(OCC(=O)N[C@@H]2CNC[C@@H]2n2ccnn2)c1. The molecule has 1 aliphatic heterocycles. The van der Waals surface area contributed by atoms with Gasteiger partial charge in [0, 0.05) is 19.3 Å². The lowest BCUT2D eigenvalue weighted by Gasteiger charge is -2.20. The van der Waals surface area contributed by atoms with Gasteiger partial charge in [-0.25, -0.2) is 9.07 Å². The Kier molecular flexibility index (Phi) is 4.52. The van der Waals surface area contributed by atoms with E-state index in [1.165, 1.54) is 6.07 Å². The van der Waals surface area contributed by atoms with E-state index in [-0.39, 0.29) is 30.3 Å². The van der Waals surface area contributed by atoms with Crippen molar-refractivity contribution < 1.29 is 13.9 Å². The summed E-state index contributed by atoms with van der Waals surface area (Å²) in [7, 11) is 0. The zero-order valence-electron chi connectivity index (χ0n) is 12.7. The van der Waals surface area contributed by atoms with Crippen molar-refractivity contribution in [1.29, 1.82) is 0 Å². The van der Waals surface area contributed by atoms with Crippen LogP contribution in [0.4, 0.5) is 4.39 Å². The second-order valence-corrected chi connectivity index (χ2v) is 5.51. The van der Waals surface area contributed by atoms with E-state index in [4.69, 9.17) is 4.74 Å². The van der Waals surface area contributed by atoms with E-state index in [0.717, 1.165) is 5.56 Å². The van der Waals surface area contributed by atoms with E-state index in [9.17, 15) is 9.18 Å². The molecule has 23 heavy (non-hydrogen) atoms. The van der Waals surface area contributed by atoms with Crippen LogP contribution in [-0.2, 0) is 4.79 Å². The van der Waals surface area contributed by atoms with E-state index in [1.54, 1.807) is 29.2 Å². The standard InChI is InChI=1S/C15H18FN5O2/c1-10-2-3-11(16)14(6-10)23-9-15(22)19-12-7-17-8-13(12)21-5-4-18-20-21/h2-6,12-13,17H,7-9H2,1H3,(H,19,22)/t12-,13+/m1/s1. The Bertz CT molecular complexity index is 677. The molecule has 8 heteroatoms. The van der Waals surface area contributed by atoms with Crippen LogP contribution in [-0.4, -0.2) is 46.6 Å². The molecule has 7 nitrogen and oxygen atoms in total. The van der Waals surface area contributed by atoms with Crippen molar-refractivity contribution in [3.63, 3.8) is 0 Å². The molecular weight excluding hydrogens is 301 g/mol. The first-order valence-electron chi connectivity index (χ1n) is 7.38. The van der Waals surface area contributed by atoms with Gasteiger partial charge in [0.1, 0.15) is 0 Å². The summed E-state index contributed by atoms with van der Waals surface area (Å²) in [4.78, 5) is 12.1. The number of halogens is 1. The molecule has 1 fully saturated rings. The summed E-state index contributed by atoms with van der Waals surface area (Å²) in [6.45, 7) is 2.93. The van der Waals surface area contributed by atoms with E-state index >= 15 is 0 Å². The highest BCUT2D eigenvalue weighted by atomic mass is 19.1. The lowest BCUT2D eigenvalue weighted by Crippen LogP contribution is -2.43. The van der Waals surface area contributed by atoms with Crippen molar-refractivity contribution >= 4 is 5.91 Å². The molecule has 0 spiro atoms. The third kappa shape index (κ3) is 3.65. The van der Waals surface area contributed by atoms with Crippen LogP contribution < -0.4 is 15.4 Å². The van der Waals surface area contributed by atoms with Crippen LogP contribution in [0.25, 0.3) is 0 Å². The number of nitrogens with one attached hydrogen (secondary N) is 2. The molecule has 1 aliphatic rings. The number of amides is 1. The Balaban J connectivity index is 1.56. The Hall–Kier alpha value is -2.48. The Labute approximate surface area is 132 Å². The van der Waals surface area contributed by atoms with Gasteiger partial charge in [0.2, 0.25) is 0 Å². The summed E-state index contributed by atoms with van der Waals surface area (Å²) < 4.78 is 20.6. The summed E-state index contributed by atoms with van der Waals surface area (Å²) in [6, 6.07) is 4.42.